The fraction of sp³-hybridized carbons (Fsp3) is 0.333. The monoisotopic (exact) mass is 285 g/mol. The summed E-state index contributed by atoms with van der Waals surface area (Å²) in [6.45, 7) is 1.92. The highest BCUT2D eigenvalue weighted by Gasteiger charge is 2.23. The molecule has 0 amide bonds. The predicted molar refractivity (Wildman–Crippen MR) is 72.2 cm³/mol. The van der Waals surface area contributed by atoms with E-state index in [1.807, 2.05) is 24.3 Å². The van der Waals surface area contributed by atoms with E-state index < -0.39 is 0 Å². The Morgan fingerprint density at radius 3 is 2.89 bits per heavy atom. The minimum Gasteiger partial charge on any atom is -0.339 e. The molecule has 1 fully saturated rings. The number of rotatable bonds is 2. The van der Waals surface area contributed by atoms with Crippen molar-refractivity contribution in [2.24, 2.45) is 0 Å². The Morgan fingerprint density at radius 1 is 1.33 bits per heavy atom. The highest BCUT2D eigenvalue weighted by molar-refractivity contribution is 6.33. The summed E-state index contributed by atoms with van der Waals surface area (Å²) in [5, 5.41) is 7.91. The van der Waals surface area contributed by atoms with Crippen molar-refractivity contribution in [3.05, 3.63) is 35.2 Å². The number of benzene rings is 1. The van der Waals surface area contributed by atoms with E-state index in [1.54, 1.807) is 0 Å². The zero-order chi connectivity index (χ0) is 11.7. The van der Waals surface area contributed by atoms with Crippen LogP contribution < -0.4 is 5.32 Å². The van der Waals surface area contributed by atoms with Gasteiger partial charge in [-0.1, -0.05) is 28.9 Å². The quantitative estimate of drug-likeness (QED) is 0.922. The number of hydrogen-bond acceptors (Lipinski definition) is 4. The molecule has 0 unspecified atom stereocenters. The van der Waals surface area contributed by atoms with E-state index in [0.717, 1.165) is 25.1 Å². The summed E-state index contributed by atoms with van der Waals surface area (Å²) in [5.74, 6) is 1.60. The molecule has 1 aliphatic rings. The fourth-order valence-electron chi connectivity index (χ4n) is 2.02. The maximum atomic E-state index is 6.09. The molecule has 1 aliphatic heterocycles. The Morgan fingerprint density at radius 2 is 2.17 bits per heavy atom. The lowest BCUT2D eigenvalue weighted by Gasteiger charge is -1.99. The molecule has 0 bridgehead atoms. The Balaban J connectivity index is 0.00000120. The average Bonchev–Trinajstić information content (AvgIpc) is 3.00. The number of aromatic nitrogens is 2. The molecule has 0 saturated carbocycles. The SMILES string of the molecule is Cl.Clc1ccccc1-c1noc([C@@H]2CCNC2)n1. The van der Waals surface area contributed by atoms with Crippen molar-refractivity contribution in [3.63, 3.8) is 0 Å². The van der Waals surface area contributed by atoms with Crippen LogP contribution in [0.2, 0.25) is 5.02 Å². The minimum absolute atomic E-state index is 0. The van der Waals surface area contributed by atoms with Gasteiger partial charge in [-0.15, -0.1) is 12.4 Å². The van der Waals surface area contributed by atoms with Crippen LogP contribution >= 0.6 is 24.0 Å². The van der Waals surface area contributed by atoms with E-state index >= 15 is 0 Å². The van der Waals surface area contributed by atoms with E-state index in [1.165, 1.54) is 0 Å². The highest BCUT2D eigenvalue weighted by atomic mass is 35.5. The highest BCUT2D eigenvalue weighted by Crippen LogP contribution is 2.27. The second-order valence-electron chi connectivity index (χ2n) is 4.13. The molecule has 1 aromatic heterocycles. The van der Waals surface area contributed by atoms with Crippen molar-refractivity contribution in [1.29, 1.82) is 0 Å². The summed E-state index contributed by atoms with van der Waals surface area (Å²) in [6.07, 6.45) is 1.05. The van der Waals surface area contributed by atoms with Crippen molar-refractivity contribution < 1.29 is 4.52 Å². The second kappa shape index (κ2) is 5.69. The van der Waals surface area contributed by atoms with Crippen molar-refractivity contribution in [2.75, 3.05) is 13.1 Å². The van der Waals surface area contributed by atoms with E-state index in [2.05, 4.69) is 15.5 Å². The summed E-state index contributed by atoms with van der Waals surface area (Å²) in [4.78, 5) is 4.42. The van der Waals surface area contributed by atoms with E-state index in [-0.39, 0.29) is 12.4 Å². The lowest BCUT2D eigenvalue weighted by Crippen LogP contribution is -2.08. The van der Waals surface area contributed by atoms with Gasteiger partial charge >= 0.3 is 0 Å². The van der Waals surface area contributed by atoms with Gasteiger partial charge in [-0.2, -0.15) is 4.98 Å². The van der Waals surface area contributed by atoms with Crippen LogP contribution in [0.15, 0.2) is 28.8 Å². The van der Waals surface area contributed by atoms with Crippen LogP contribution in [0, 0.1) is 0 Å². The van der Waals surface area contributed by atoms with Crippen LogP contribution in [0.3, 0.4) is 0 Å². The number of nitrogens with one attached hydrogen (secondary N) is 1. The molecule has 2 aromatic rings. The smallest absolute Gasteiger partial charge is 0.231 e. The van der Waals surface area contributed by atoms with E-state index in [0.29, 0.717) is 22.7 Å². The lowest BCUT2D eigenvalue weighted by atomic mass is 10.1. The molecular formula is C12H13Cl2N3O. The van der Waals surface area contributed by atoms with Gasteiger partial charge in [0.2, 0.25) is 11.7 Å². The standard InChI is InChI=1S/C12H12ClN3O.ClH/c13-10-4-2-1-3-9(10)11-15-12(17-16-11)8-5-6-14-7-8;/h1-4,8,14H,5-7H2;1H/t8-;/m1./s1. The molecule has 3 rings (SSSR count). The van der Waals surface area contributed by atoms with Crippen LogP contribution in [-0.2, 0) is 0 Å². The number of hydrogen-bond donors (Lipinski definition) is 1. The third kappa shape index (κ3) is 2.51. The van der Waals surface area contributed by atoms with Gasteiger partial charge in [0.15, 0.2) is 0 Å². The summed E-state index contributed by atoms with van der Waals surface area (Å²) in [5.41, 5.74) is 0.815. The van der Waals surface area contributed by atoms with Crippen molar-refractivity contribution >= 4 is 24.0 Å². The van der Waals surface area contributed by atoms with Gasteiger partial charge in [-0.3, -0.25) is 0 Å². The summed E-state index contributed by atoms with van der Waals surface area (Å²) in [6, 6.07) is 7.51. The van der Waals surface area contributed by atoms with Gasteiger partial charge in [0.05, 0.1) is 10.9 Å². The van der Waals surface area contributed by atoms with Crippen molar-refractivity contribution in [2.45, 2.75) is 12.3 Å². The molecule has 0 spiro atoms. The van der Waals surface area contributed by atoms with Crippen LogP contribution in [0.4, 0.5) is 0 Å². The molecule has 1 atom stereocenters. The lowest BCUT2D eigenvalue weighted by molar-refractivity contribution is 0.359. The van der Waals surface area contributed by atoms with E-state index in [9.17, 15) is 0 Å². The minimum atomic E-state index is 0. The Kier molecular flexibility index (Phi) is 4.22. The number of halogens is 2. The Hall–Kier alpha value is -1.10. The van der Waals surface area contributed by atoms with Gasteiger partial charge in [0.1, 0.15) is 0 Å². The molecule has 6 heteroatoms. The third-order valence-electron chi connectivity index (χ3n) is 2.97. The number of nitrogens with zero attached hydrogens (tertiary/aromatic N) is 2. The van der Waals surface area contributed by atoms with Crippen molar-refractivity contribution in [3.8, 4) is 11.4 Å². The molecule has 0 radical (unpaired) electrons. The van der Waals surface area contributed by atoms with Gasteiger partial charge in [-0.25, -0.2) is 0 Å². The summed E-state index contributed by atoms with van der Waals surface area (Å²) < 4.78 is 5.30. The van der Waals surface area contributed by atoms with Crippen LogP contribution in [0.1, 0.15) is 18.2 Å². The molecule has 1 saturated heterocycles. The zero-order valence-electron chi connectivity index (χ0n) is 9.60. The van der Waals surface area contributed by atoms with Crippen molar-refractivity contribution in [1.82, 2.24) is 15.5 Å². The zero-order valence-corrected chi connectivity index (χ0v) is 11.2. The first-order valence-electron chi connectivity index (χ1n) is 5.64. The van der Waals surface area contributed by atoms with Gasteiger partial charge in [0.25, 0.3) is 0 Å². The summed E-state index contributed by atoms with van der Waals surface area (Å²) >= 11 is 6.09. The third-order valence-corrected chi connectivity index (χ3v) is 3.30. The molecule has 2 heterocycles. The van der Waals surface area contributed by atoms with Gasteiger partial charge in [0, 0.05) is 12.1 Å². The van der Waals surface area contributed by atoms with Gasteiger partial charge < -0.3 is 9.84 Å². The molecular weight excluding hydrogens is 273 g/mol. The first-order chi connectivity index (χ1) is 8.34. The molecule has 4 nitrogen and oxygen atoms in total. The largest absolute Gasteiger partial charge is 0.339 e. The Bertz CT molecular complexity index is 524. The topological polar surface area (TPSA) is 51.0 Å². The molecule has 1 N–H and O–H groups in total. The Labute approximate surface area is 116 Å². The average molecular weight is 286 g/mol. The first-order valence-corrected chi connectivity index (χ1v) is 6.01. The van der Waals surface area contributed by atoms with Crippen LogP contribution in [0.5, 0.6) is 0 Å². The first kappa shape index (κ1) is 13.3. The molecule has 96 valence electrons. The fourth-order valence-corrected chi connectivity index (χ4v) is 2.24. The van der Waals surface area contributed by atoms with Crippen LogP contribution in [0.25, 0.3) is 11.4 Å². The maximum absolute atomic E-state index is 6.09. The molecule has 0 aliphatic carbocycles. The predicted octanol–water partition coefficient (Wildman–Crippen LogP) is 2.89. The maximum Gasteiger partial charge on any atom is 0.231 e. The normalized spacial score (nSPS) is 18.6. The molecule has 18 heavy (non-hydrogen) atoms. The van der Waals surface area contributed by atoms with E-state index in [4.69, 9.17) is 16.1 Å². The second-order valence-corrected chi connectivity index (χ2v) is 4.53. The van der Waals surface area contributed by atoms with Crippen LogP contribution in [-0.4, -0.2) is 23.2 Å². The summed E-state index contributed by atoms with van der Waals surface area (Å²) in [7, 11) is 0. The van der Waals surface area contributed by atoms with Gasteiger partial charge in [-0.05, 0) is 25.1 Å². The molecule has 1 aromatic carbocycles.